The number of nitrogens with two attached hydrogens (primary N) is 3. The molecule has 798 valence electrons. The number of hydrogen-bond acceptors (Lipinski definition) is 27. The van der Waals surface area contributed by atoms with Crippen LogP contribution in [-0.4, -0.2) is 175 Å². The molecule has 30 nitrogen and oxygen atoms in total. The largest absolute Gasteiger partial charge is 0.496 e. The van der Waals surface area contributed by atoms with Gasteiger partial charge in [-0.15, -0.1) is 30.6 Å². The summed E-state index contributed by atoms with van der Waals surface area (Å²) in [4.78, 5) is 53.4. The number of carbonyl (C=O) groups excluding carboxylic acids is 3. The van der Waals surface area contributed by atoms with Gasteiger partial charge in [0.25, 0.3) is 35.4 Å². The lowest BCUT2D eigenvalue weighted by molar-refractivity contribution is -0.251. The van der Waals surface area contributed by atoms with Gasteiger partial charge in [0.1, 0.15) is 29.9 Å². The van der Waals surface area contributed by atoms with Crippen LogP contribution in [0.2, 0.25) is 0 Å². The number of Topliss-reactive ketones (excluding diaryl/α,β-unsaturated/α-hetero) is 1. The number of anilines is 2. The van der Waals surface area contributed by atoms with Gasteiger partial charge in [-0.05, 0) is 247 Å². The van der Waals surface area contributed by atoms with Crippen molar-refractivity contribution in [2.24, 2.45) is 17.5 Å². The molecule has 1 saturated heterocycles. The number of hydrogen-bond donors (Lipinski definition) is 5. The monoisotopic (exact) mass is 2440 g/mol. The number of pyridine rings is 9. The summed E-state index contributed by atoms with van der Waals surface area (Å²) in [6.45, 7) is 8.20. The molecular weight excluding hydrogens is 2360 g/mol. The molecule has 4 aliphatic rings. The number of carbonyl (C=O) groups is 3. The molecule has 0 unspecified atom stereocenters. The Morgan fingerprint density at radius 3 is 1.12 bits per heavy atom. The maximum atomic E-state index is 14.3. The summed E-state index contributed by atoms with van der Waals surface area (Å²) < 4.78 is 324. The summed E-state index contributed by atoms with van der Waals surface area (Å²) >= 11 is 35.1. The fraction of sp³-hybridized carbons (Fsp3) is 0.386. The van der Waals surface area contributed by atoms with Crippen molar-refractivity contribution in [2.75, 3.05) is 23.9 Å². The normalized spacial score (nSPS) is 15.1. The van der Waals surface area contributed by atoms with Crippen molar-refractivity contribution in [1.29, 1.82) is 0 Å². The second-order valence-electron chi connectivity index (χ2n) is 29.7. The first kappa shape index (κ1) is 129. The van der Waals surface area contributed by atoms with Gasteiger partial charge in [-0.3, -0.25) is 29.7 Å². The molecule has 0 bridgehead atoms. The standard InChI is InChI=1S/C18H15F5N4O2.C16H10ClF5N4O.C15H19BF3NO3.C8H6BrClF2N2O.C7H3BrClF2N3.C5H3BrFN.C5H6BrN3.C4Cl2F4O3.5CH4.H4N2/c1-2-28-18(22,23)16-26-25-14-4-3-10(9-27(14)16)11-5-13(19)15(24-8-11)29-12-6-17(20,21)7-12;17-16(21,22)14-25-24-12-2-1-8(7-26(12)14)9-3-11(18)13(23-6-9)27-10-4-15(19,20)5-10;1-13(2)14(3,4)23-16(22-13)9-5-11(17)12(20-8-9)21-10-6-15(18,19)7-10;9-5-1-2-7(13-3-5)14-4-6(15)8(10,11)12;8-4-1-2-5-12-13-6(7(9,10)11)14(5)3-4;6-4-1-2-5(7)8-3-4;6-4-1-2-5(9-7)8-3-4;5-3(7,8)1(11)13-2(12)4(6,9)10;;;;;;1-2/h3-5,8-9,12H,2,6-7H2,1H3;1-3,6-7,10H,4-5H2;5,8,10H,6-7H2,1-4H3;1-3H,4H2,(H,13,14);1-3H;1-3H;1-3H,7H2,(H,8,9);;5*1H4;1-2H2. The summed E-state index contributed by atoms with van der Waals surface area (Å²) in [5.74, 6) is -6.85. The Bertz CT molecular complexity index is 6160. The van der Waals surface area contributed by atoms with Gasteiger partial charge >= 0.3 is 52.1 Å². The number of esters is 2. The Hall–Kier alpha value is -9.78. The average molecular weight is 2450 g/mol. The molecule has 0 atom stereocenters. The number of ether oxygens (including phenoxy) is 5. The smallest absolute Gasteiger partial charge is 0.472 e. The molecule has 0 aromatic carbocycles. The van der Waals surface area contributed by atoms with Crippen LogP contribution in [-0.2, 0) is 50.0 Å². The van der Waals surface area contributed by atoms with Gasteiger partial charge in [0.2, 0.25) is 29.2 Å². The Kier molecular flexibility index (Phi) is 47.6. The zero-order valence-corrected chi connectivity index (χ0v) is 81.2. The van der Waals surface area contributed by atoms with Crippen molar-refractivity contribution < 1.29 is 144 Å². The third-order valence-electron chi connectivity index (χ3n) is 18.6. The van der Waals surface area contributed by atoms with E-state index in [4.69, 9.17) is 52.6 Å². The lowest BCUT2D eigenvalue weighted by Gasteiger charge is -2.34. The molecule has 16 rings (SSSR count). The Balaban J connectivity index is 0.000000436. The number of hydrazine groups is 2. The van der Waals surface area contributed by atoms with E-state index in [9.17, 15) is 111 Å². The molecule has 3 saturated carbocycles. The molecule has 62 heteroatoms. The van der Waals surface area contributed by atoms with Crippen molar-refractivity contribution in [3.8, 4) is 39.9 Å². The van der Waals surface area contributed by atoms with Crippen LogP contribution in [0, 0.1) is 23.4 Å². The van der Waals surface area contributed by atoms with E-state index in [0.717, 1.165) is 38.8 Å². The topological polar surface area (TPSA) is 386 Å². The van der Waals surface area contributed by atoms with E-state index in [1.807, 2.05) is 33.8 Å². The molecule has 12 aromatic rings. The molecular formula is C83H86BBr4Cl5F22N20O10. The lowest BCUT2D eigenvalue weighted by Crippen LogP contribution is -2.43. The number of ketones is 1. The highest BCUT2D eigenvalue weighted by molar-refractivity contribution is 9.11. The fourth-order valence-corrected chi connectivity index (χ4v) is 12.5. The minimum Gasteiger partial charge on any atom is -0.472 e. The van der Waals surface area contributed by atoms with Gasteiger partial charge in [-0.25, -0.2) is 84.8 Å². The van der Waals surface area contributed by atoms with Crippen molar-refractivity contribution in [3.63, 3.8) is 0 Å². The lowest BCUT2D eigenvalue weighted by atomic mass is 9.80. The molecule has 145 heavy (non-hydrogen) atoms. The summed E-state index contributed by atoms with van der Waals surface area (Å²) in [5, 5.41) is 3.24. The van der Waals surface area contributed by atoms with Gasteiger partial charge < -0.3 is 43.7 Å². The molecule has 4 fully saturated rings. The van der Waals surface area contributed by atoms with Gasteiger partial charge in [0, 0.05) is 140 Å². The minimum atomic E-state index is -4.54. The first-order valence-electron chi connectivity index (χ1n) is 38.7. The summed E-state index contributed by atoms with van der Waals surface area (Å²) in [6, 6.07) is 22.3. The number of nitrogens with zero attached hydrogens (tertiary/aromatic N) is 15. The summed E-state index contributed by atoms with van der Waals surface area (Å²) in [7, 11) is -0.732. The van der Waals surface area contributed by atoms with Crippen LogP contribution in [0.4, 0.5) is 108 Å². The van der Waals surface area contributed by atoms with Crippen molar-refractivity contribution in [3.05, 3.63) is 206 Å². The van der Waals surface area contributed by atoms with Crippen LogP contribution in [0.15, 0.2) is 165 Å². The third kappa shape index (κ3) is 37.8. The van der Waals surface area contributed by atoms with Gasteiger partial charge in [-0.1, -0.05) is 37.1 Å². The van der Waals surface area contributed by atoms with E-state index >= 15 is 0 Å². The van der Waals surface area contributed by atoms with Gasteiger partial charge in [0.15, 0.2) is 34.4 Å². The quantitative estimate of drug-likeness (QED) is 0.00652. The number of halogens is 31. The predicted molar refractivity (Wildman–Crippen MR) is 506 cm³/mol. The zero-order chi connectivity index (χ0) is 105. The Morgan fingerprint density at radius 1 is 0.448 bits per heavy atom. The summed E-state index contributed by atoms with van der Waals surface area (Å²) in [6.07, 6.45) is 3.75. The van der Waals surface area contributed by atoms with E-state index < -0.39 is 197 Å². The molecule has 3 aliphatic carbocycles. The predicted octanol–water partition coefficient (Wildman–Crippen LogP) is 23.6. The number of nitrogens with one attached hydrogen (secondary N) is 2. The molecule has 12 aromatic heterocycles. The van der Waals surface area contributed by atoms with Crippen LogP contribution < -0.4 is 47.9 Å². The average Bonchev–Trinajstić information content (AvgIpc) is 1.56. The van der Waals surface area contributed by atoms with E-state index in [1.165, 1.54) is 92.9 Å². The van der Waals surface area contributed by atoms with Crippen LogP contribution >= 0.6 is 122 Å². The third-order valence-corrected chi connectivity index (χ3v) is 21.3. The van der Waals surface area contributed by atoms with E-state index in [2.05, 4.69) is 191 Å². The number of aromatic nitrogens is 15. The molecule has 0 amide bonds. The second kappa shape index (κ2) is 53.4. The highest BCUT2D eigenvalue weighted by atomic mass is 79.9. The van der Waals surface area contributed by atoms with Crippen LogP contribution in [0.5, 0.6) is 17.6 Å². The Morgan fingerprint density at radius 2 is 0.793 bits per heavy atom. The van der Waals surface area contributed by atoms with Gasteiger partial charge in [-0.2, -0.15) is 57.1 Å². The van der Waals surface area contributed by atoms with Gasteiger partial charge in [0.05, 0.1) is 24.4 Å². The first-order valence-corrected chi connectivity index (χ1v) is 43.8. The molecule has 8 N–H and O–H groups in total. The van der Waals surface area contributed by atoms with Crippen molar-refractivity contribution >= 4 is 181 Å². The maximum Gasteiger partial charge on any atom is 0.496 e. The maximum absolute atomic E-state index is 14.3. The second-order valence-corrected chi connectivity index (χ2v) is 35.7. The van der Waals surface area contributed by atoms with E-state index in [-0.39, 0.29) is 77.9 Å². The SMILES string of the molecule is C.C.C.C.C.CC1(C)OB(c2cnc(OC3CC(F)(F)C3)c(F)c2)OC1(C)C.CCOC(F)(F)c1nnc2ccc(-c3cnc(OC4CC(F)(F)C4)c(F)c3)cn12.FC(F)(Cl)c1nnc2ccc(Br)cn12.Fc1cc(-c2ccc3nnc(C(F)(F)Cl)n3c2)cnc1OC1CC(F)(F)C1.Fc1ccc(Br)cn1.NN.NNc1ccc(Br)cn1.O=C(CNc1ccc(Br)cn1)C(F)(F)Cl.O=C(OC(=O)C(F)(F)Cl)C(F)(F)Cl. The molecule has 13 heterocycles. The fourth-order valence-electron chi connectivity index (χ4n) is 11.1. The van der Waals surface area contributed by atoms with Crippen molar-refractivity contribution in [2.45, 2.75) is 191 Å². The molecule has 1 aliphatic heterocycles. The first-order chi connectivity index (χ1) is 64.8. The van der Waals surface area contributed by atoms with E-state index in [1.54, 1.807) is 42.6 Å². The minimum absolute atomic E-state index is 0. The van der Waals surface area contributed by atoms with Crippen molar-refractivity contribution in [1.82, 2.24) is 73.7 Å². The van der Waals surface area contributed by atoms with Crippen LogP contribution in [0.3, 0.4) is 0 Å². The molecule has 0 radical (unpaired) electrons. The zero-order valence-electron chi connectivity index (χ0n) is 71.1. The molecule has 0 spiro atoms. The van der Waals surface area contributed by atoms with E-state index in [0.29, 0.717) is 38.3 Å². The highest BCUT2D eigenvalue weighted by Gasteiger charge is 2.54. The number of alkyl halides is 23. The number of fused-ring (bicyclic) bond motifs is 3. The number of nitrogen functional groups attached to an aromatic ring is 1. The summed E-state index contributed by atoms with van der Waals surface area (Å²) in [5.41, 5.74) is 3.62. The Labute approximate surface area is 869 Å². The van der Waals surface area contributed by atoms with Crippen LogP contribution in [0.1, 0.15) is 128 Å². The van der Waals surface area contributed by atoms with Crippen LogP contribution in [0.25, 0.3) is 39.2 Å². The number of rotatable bonds is 21. The highest BCUT2D eigenvalue weighted by Crippen LogP contribution is 2.45.